The Balaban J connectivity index is 1.25. The van der Waals surface area contributed by atoms with Crippen LogP contribution in [0.5, 0.6) is 0 Å². The molecule has 4 rings (SSSR count). The maximum absolute atomic E-state index is 12.7. The van der Waals surface area contributed by atoms with Crippen molar-refractivity contribution in [3.8, 4) is 0 Å². The average molecular weight is 468 g/mol. The zero-order chi connectivity index (χ0) is 22.3. The number of amides is 4. The summed E-state index contributed by atoms with van der Waals surface area (Å²) in [5.41, 5.74) is 4.64. The lowest BCUT2D eigenvalue weighted by Gasteiger charge is -2.28. The molecule has 3 aliphatic rings. The summed E-state index contributed by atoms with van der Waals surface area (Å²) in [6.45, 7) is -1.27. The number of esters is 1. The molecule has 164 valence electrons. The van der Waals surface area contributed by atoms with Gasteiger partial charge in [0.2, 0.25) is 11.8 Å². The lowest BCUT2D eigenvalue weighted by molar-refractivity contribution is -0.155. The molecule has 1 heterocycles. The van der Waals surface area contributed by atoms with E-state index in [1.54, 1.807) is 30.3 Å². The maximum atomic E-state index is 12.7. The minimum Gasteiger partial charge on any atom is -0.454 e. The van der Waals surface area contributed by atoms with Crippen LogP contribution in [0, 0.1) is 23.7 Å². The minimum atomic E-state index is -0.914. The molecule has 1 saturated heterocycles. The number of hydrogen-bond acceptors (Lipinski definition) is 6. The molecule has 31 heavy (non-hydrogen) atoms. The molecule has 11 heteroatoms. The number of carbonyl (C=O) groups excluding carboxylic acids is 5. The average Bonchev–Trinajstić information content (AvgIpc) is 3.37. The van der Waals surface area contributed by atoms with Gasteiger partial charge in [-0.25, -0.2) is 0 Å². The number of alkyl halides is 2. The van der Waals surface area contributed by atoms with Crippen LogP contribution in [0.4, 0.5) is 0 Å². The molecule has 4 amide bonds. The number of hydrogen-bond donors (Lipinski definition) is 2. The Morgan fingerprint density at radius 1 is 0.968 bits per heavy atom. The largest absolute Gasteiger partial charge is 0.454 e. The molecule has 0 unspecified atom stereocenters. The summed E-state index contributed by atoms with van der Waals surface area (Å²) < 4.78 is 4.83. The molecular weight excluding hydrogens is 449 g/mol. The molecule has 2 N–H and O–H groups in total. The standard InChI is InChI=1S/C20H19Cl2N3O6/c21-16-10-6-11(17(16)22)15-14(10)19(29)25(20(15)30)7-13(27)31-8-12(26)23-24-18(28)9-4-2-1-3-5-9/h1-5,10-11,14-17H,6-8H2,(H,23,26)(H,24,28)/t10-,11-,14-,15+,16-,17+/m1/s1. The monoisotopic (exact) mass is 467 g/mol. The Hall–Kier alpha value is -2.65. The second-order valence-corrected chi connectivity index (χ2v) is 8.80. The van der Waals surface area contributed by atoms with E-state index < -0.39 is 54.6 Å². The van der Waals surface area contributed by atoms with E-state index in [1.165, 1.54) is 0 Å². The summed E-state index contributed by atoms with van der Waals surface area (Å²) in [7, 11) is 0. The lowest BCUT2D eigenvalue weighted by atomic mass is 9.80. The molecule has 1 aromatic rings. The van der Waals surface area contributed by atoms with Gasteiger partial charge in [0.05, 0.1) is 22.6 Å². The summed E-state index contributed by atoms with van der Waals surface area (Å²) in [5.74, 6) is -4.61. The number of halogens is 2. The van der Waals surface area contributed by atoms with Crippen molar-refractivity contribution < 1.29 is 28.7 Å². The fourth-order valence-corrected chi connectivity index (χ4v) is 5.60. The third-order valence-corrected chi connectivity index (χ3v) is 7.40. The quantitative estimate of drug-likeness (QED) is 0.280. The van der Waals surface area contributed by atoms with Gasteiger partial charge in [-0.1, -0.05) is 18.2 Å². The number of ether oxygens (including phenoxy) is 1. The van der Waals surface area contributed by atoms with Gasteiger partial charge in [-0.2, -0.15) is 0 Å². The first-order valence-electron chi connectivity index (χ1n) is 9.72. The number of benzene rings is 1. The zero-order valence-electron chi connectivity index (χ0n) is 16.1. The highest BCUT2D eigenvalue weighted by Crippen LogP contribution is 2.59. The highest BCUT2D eigenvalue weighted by molar-refractivity contribution is 6.31. The number of imide groups is 1. The van der Waals surface area contributed by atoms with Crippen molar-refractivity contribution in [1.29, 1.82) is 0 Å². The molecule has 0 aromatic heterocycles. The van der Waals surface area contributed by atoms with Crippen molar-refractivity contribution in [2.45, 2.75) is 17.2 Å². The number of nitrogens with one attached hydrogen (secondary N) is 2. The van der Waals surface area contributed by atoms with Gasteiger partial charge in [0.15, 0.2) is 6.61 Å². The van der Waals surface area contributed by atoms with Crippen molar-refractivity contribution in [2.75, 3.05) is 13.2 Å². The van der Waals surface area contributed by atoms with Gasteiger partial charge in [0, 0.05) is 5.56 Å². The van der Waals surface area contributed by atoms with Crippen LogP contribution in [-0.4, -0.2) is 58.4 Å². The van der Waals surface area contributed by atoms with Crippen LogP contribution in [0.3, 0.4) is 0 Å². The highest BCUT2D eigenvalue weighted by atomic mass is 35.5. The molecule has 9 nitrogen and oxygen atoms in total. The summed E-state index contributed by atoms with van der Waals surface area (Å²) in [5, 5.41) is -0.766. The highest BCUT2D eigenvalue weighted by Gasteiger charge is 2.66. The summed E-state index contributed by atoms with van der Waals surface area (Å²) >= 11 is 12.6. The molecule has 1 aliphatic heterocycles. The molecule has 1 aromatic carbocycles. The summed E-state index contributed by atoms with van der Waals surface area (Å²) in [6.07, 6.45) is 0.627. The lowest BCUT2D eigenvalue weighted by Crippen LogP contribution is -2.44. The molecule has 3 fully saturated rings. The molecule has 6 atom stereocenters. The van der Waals surface area contributed by atoms with Gasteiger partial charge < -0.3 is 4.74 Å². The Kier molecular flexibility index (Phi) is 5.90. The van der Waals surface area contributed by atoms with Crippen molar-refractivity contribution >= 4 is 52.8 Å². The number of fused-ring (bicyclic) bond motifs is 5. The third kappa shape index (κ3) is 3.87. The van der Waals surface area contributed by atoms with E-state index in [-0.39, 0.29) is 22.6 Å². The Labute approximate surface area is 187 Å². The second kappa shape index (κ2) is 8.47. The third-order valence-electron chi connectivity index (χ3n) is 6.08. The Morgan fingerprint density at radius 3 is 2.13 bits per heavy atom. The topological polar surface area (TPSA) is 122 Å². The molecule has 2 saturated carbocycles. The van der Waals surface area contributed by atoms with Crippen LogP contribution in [0.1, 0.15) is 16.8 Å². The Bertz CT molecular complexity index is 910. The van der Waals surface area contributed by atoms with E-state index in [2.05, 4.69) is 10.9 Å². The molecule has 0 spiro atoms. The number of carbonyl (C=O) groups is 5. The predicted molar refractivity (Wildman–Crippen MR) is 108 cm³/mol. The number of rotatable bonds is 5. The molecule has 2 bridgehead atoms. The van der Waals surface area contributed by atoms with Gasteiger partial charge in [-0.05, 0) is 30.4 Å². The van der Waals surface area contributed by atoms with Crippen molar-refractivity contribution in [2.24, 2.45) is 23.7 Å². The maximum Gasteiger partial charge on any atom is 0.326 e. The second-order valence-electron chi connectivity index (χ2n) is 7.80. The van der Waals surface area contributed by atoms with Crippen LogP contribution >= 0.6 is 23.2 Å². The van der Waals surface area contributed by atoms with Crippen molar-refractivity contribution in [3.63, 3.8) is 0 Å². The Morgan fingerprint density at radius 2 is 1.55 bits per heavy atom. The van der Waals surface area contributed by atoms with E-state index in [1.807, 2.05) is 0 Å². The van der Waals surface area contributed by atoms with Crippen molar-refractivity contribution in [3.05, 3.63) is 35.9 Å². The minimum absolute atomic E-state index is 0.185. The smallest absolute Gasteiger partial charge is 0.326 e. The van der Waals surface area contributed by atoms with E-state index in [4.69, 9.17) is 27.9 Å². The first-order valence-corrected chi connectivity index (χ1v) is 10.6. The molecule has 0 radical (unpaired) electrons. The van der Waals surface area contributed by atoms with Gasteiger partial charge in [-0.15, -0.1) is 23.2 Å². The van der Waals surface area contributed by atoms with E-state index in [0.29, 0.717) is 12.0 Å². The fraction of sp³-hybridized carbons (Fsp3) is 0.450. The van der Waals surface area contributed by atoms with Gasteiger partial charge >= 0.3 is 5.97 Å². The zero-order valence-corrected chi connectivity index (χ0v) is 17.6. The van der Waals surface area contributed by atoms with Crippen LogP contribution in [0.2, 0.25) is 0 Å². The number of likely N-dealkylation sites (tertiary alicyclic amines) is 1. The number of nitrogens with zero attached hydrogens (tertiary/aromatic N) is 1. The van der Waals surface area contributed by atoms with Crippen LogP contribution in [0.25, 0.3) is 0 Å². The fourth-order valence-electron chi connectivity index (χ4n) is 4.71. The first kappa shape index (κ1) is 21.6. The van der Waals surface area contributed by atoms with E-state index >= 15 is 0 Å². The van der Waals surface area contributed by atoms with Gasteiger partial charge in [-0.3, -0.25) is 39.7 Å². The first-order chi connectivity index (χ1) is 14.8. The van der Waals surface area contributed by atoms with E-state index in [0.717, 1.165) is 4.90 Å². The van der Waals surface area contributed by atoms with E-state index in [9.17, 15) is 24.0 Å². The summed E-state index contributed by atoms with van der Waals surface area (Å²) in [6, 6.07) is 8.20. The van der Waals surface area contributed by atoms with Crippen LogP contribution in [0.15, 0.2) is 30.3 Å². The SMILES string of the molecule is O=C(COC(=O)CN1C(=O)[C@@H]2[C@H]3C[C@@H]([C@H](Cl)[C@@H]3Cl)[C@@H]2C1=O)NNC(=O)c1ccccc1. The predicted octanol–water partition coefficient (Wildman–Crippen LogP) is 0.457. The normalized spacial score (nSPS) is 30.8. The van der Waals surface area contributed by atoms with Crippen LogP contribution < -0.4 is 10.9 Å². The van der Waals surface area contributed by atoms with Gasteiger partial charge in [0.25, 0.3) is 11.8 Å². The number of hydrazine groups is 1. The van der Waals surface area contributed by atoms with Crippen LogP contribution in [-0.2, 0) is 23.9 Å². The van der Waals surface area contributed by atoms with Crippen molar-refractivity contribution in [1.82, 2.24) is 15.8 Å². The van der Waals surface area contributed by atoms with Gasteiger partial charge in [0.1, 0.15) is 6.54 Å². The summed E-state index contributed by atoms with van der Waals surface area (Å²) in [4.78, 5) is 62.0. The molecule has 2 aliphatic carbocycles. The molecular formula is C20H19Cl2N3O6.